The topological polar surface area (TPSA) is 90.0 Å². The molecule has 3 N–H and O–H groups in total. The Morgan fingerprint density at radius 3 is 2.75 bits per heavy atom. The minimum atomic E-state index is -3.97. The molecule has 0 amide bonds. The Hall–Kier alpha value is -1.93. The fraction of sp³-hybridized carbons (Fsp3) is 0.250. The number of aryl methyl sites for hydroxylation is 2. The first-order valence-corrected chi connectivity index (χ1v) is 7.32. The molecule has 0 fully saturated rings. The van der Waals surface area contributed by atoms with E-state index in [1.54, 1.807) is 19.3 Å². The number of benzene rings is 1. The van der Waals surface area contributed by atoms with Crippen molar-refractivity contribution >= 4 is 15.7 Å². The quantitative estimate of drug-likeness (QED) is 0.822. The second-order valence-electron chi connectivity index (χ2n) is 4.42. The van der Waals surface area contributed by atoms with Crippen molar-refractivity contribution < 1.29 is 12.8 Å². The summed E-state index contributed by atoms with van der Waals surface area (Å²) in [4.78, 5) is -0.447. The third-order valence-corrected chi connectivity index (χ3v) is 4.30. The van der Waals surface area contributed by atoms with Crippen molar-refractivity contribution in [1.82, 2.24) is 14.5 Å². The summed E-state index contributed by atoms with van der Waals surface area (Å²) in [6.45, 7) is 1.48. The van der Waals surface area contributed by atoms with Crippen molar-refractivity contribution in [3.05, 3.63) is 41.5 Å². The van der Waals surface area contributed by atoms with Crippen LogP contribution in [0.2, 0.25) is 0 Å². The first-order valence-electron chi connectivity index (χ1n) is 5.83. The molecule has 0 aliphatic heterocycles. The van der Waals surface area contributed by atoms with E-state index in [0.717, 1.165) is 6.07 Å². The Labute approximate surface area is 116 Å². The summed E-state index contributed by atoms with van der Waals surface area (Å²) >= 11 is 0. The van der Waals surface area contributed by atoms with Crippen LogP contribution in [0.5, 0.6) is 0 Å². The molecule has 1 aromatic heterocycles. The van der Waals surface area contributed by atoms with Crippen LogP contribution in [0.4, 0.5) is 10.1 Å². The van der Waals surface area contributed by atoms with Crippen LogP contribution in [0.1, 0.15) is 11.3 Å². The van der Waals surface area contributed by atoms with Crippen molar-refractivity contribution in [3.8, 4) is 0 Å². The van der Waals surface area contributed by atoms with E-state index in [0.29, 0.717) is 5.69 Å². The summed E-state index contributed by atoms with van der Waals surface area (Å²) in [7, 11) is -2.29. The highest BCUT2D eigenvalue weighted by molar-refractivity contribution is 7.89. The van der Waals surface area contributed by atoms with Gasteiger partial charge in [0.1, 0.15) is 10.7 Å². The molecule has 8 heteroatoms. The number of halogens is 1. The Bertz CT molecular complexity index is 740. The van der Waals surface area contributed by atoms with Crippen LogP contribution < -0.4 is 10.5 Å². The molecule has 1 aromatic carbocycles. The molecule has 0 atom stereocenters. The van der Waals surface area contributed by atoms with Gasteiger partial charge in [-0.25, -0.2) is 17.5 Å². The fourth-order valence-electron chi connectivity index (χ4n) is 1.78. The molecule has 2 rings (SSSR count). The van der Waals surface area contributed by atoms with Gasteiger partial charge in [-0.1, -0.05) is 0 Å². The van der Waals surface area contributed by atoms with E-state index in [1.807, 2.05) is 0 Å². The van der Waals surface area contributed by atoms with E-state index in [4.69, 9.17) is 5.73 Å². The van der Waals surface area contributed by atoms with Crippen LogP contribution in [-0.2, 0) is 23.6 Å². The molecule has 0 saturated carbocycles. The number of anilines is 1. The summed E-state index contributed by atoms with van der Waals surface area (Å²) < 4.78 is 42.0. The SMILES string of the molecule is Cc1cc(N)cc(S(=O)(=O)NCc2ccnn2C)c1F. The molecule has 0 bridgehead atoms. The number of sulfonamides is 1. The van der Waals surface area contributed by atoms with Gasteiger partial charge >= 0.3 is 0 Å². The van der Waals surface area contributed by atoms with Crippen LogP contribution in [0.15, 0.2) is 29.3 Å². The van der Waals surface area contributed by atoms with Gasteiger partial charge in [-0.15, -0.1) is 0 Å². The number of hydrogen-bond donors (Lipinski definition) is 2. The Morgan fingerprint density at radius 1 is 1.45 bits per heavy atom. The third kappa shape index (κ3) is 2.81. The molecule has 1 heterocycles. The molecule has 2 aromatic rings. The number of nitrogens with zero attached hydrogens (tertiary/aromatic N) is 2. The number of nitrogens with two attached hydrogens (primary N) is 1. The summed E-state index contributed by atoms with van der Waals surface area (Å²) in [6, 6.07) is 4.16. The monoisotopic (exact) mass is 298 g/mol. The molecule has 0 saturated heterocycles. The predicted molar refractivity (Wildman–Crippen MR) is 72.8 cm³/mol. The van der Waals surface area contributed by atoms with Crippen molar-refractivity contribution in [2.24, 2.45) is 7.05 Å². The zero-order valence-electron chi connectivity index (χ0n) is 11.1. The van der Waals surface area contributed by atoms with Crippen LogP contribution in [-0.4, -0.2) is 18.2 Å². The second-order valence-corrected chi connectivity index (χ2v) is 6.16. The lowest BCUT2D eigenvalue weighted by atomic mass is 10.2. The van der Waals surface area contributed by atoms with Gasteiger partial charge in [-0.3, -0.25) is 4.68 Å². The zero-order valence-corrected chi connectivity index (χ0v) is 11.9. The minimum Gasteiger partial charge on any atom is -0.399 e. The highest BCUT2D eigenvalue weighted by Gasteiger charge is 2.21. The van der Waals surface area contributed by atoms with Gasteiger partial charge in [0.15, 0.2) is 0 Å². The molecular weight excluding hydrogens is 283 g/mol. The van der Waals surface area contributed by atoms with E-state index in [9.17, 15) is 12.8 Å². The van der Waals surface area contributed by atoms with E-state index in [1.165, 1.54) is 17.7 Å². The molecule has 108 valence electrons. The highest BCUT2D eigenvalue weighted by Crippen LogP contribution is 2.21. The number of hydrogen-bond acceptors (Lipinski definition) is 4. The molecule has 20 heavy (non-hydrogen) atoms. The van der Waals surface area contributed by atoms with E-state index in [-0.39, 0.29) is 17.8 Å². The number of nitrogen functional groups attached to an aromatic ring is 1. The molecule has 0 spiro atoms. The predicted octanol–water partition coefficient (Wildman–Crippen LogP) is 0.928. The zero-order chi connectivity index (χ0) is 14.9. The summed E-state index contributed by atoms with van der Waals surface area (Å²) in [6.07, 6.45) is 1.55. The maximum Gasteiger partial charge on any atom is 0.243 e. The van der Waals surface area contributed by atoms with Crippen molar-refractivity contribution in [1.29, 1.82) is 0 Å². The largest absolute Gasteiger partial charge is 0.399 e. The highest BCUT2D eigenvalue weighted by atomic mass is 32.2. The molecule has 0 aliphatic rings. The summed E-state index contributed by atoms with van der Waals surface area (Å²) in [5.74, 6) is -0.795. The van der Waals surface area contributed by atoms with Crippen molar-refractivity contribution in [2.75, 3.05) is 5.73 Å². The second kappa shape index (κ2) is 5.22. The van der Waals surface area contributed by atoms with Gasteiger partial charge < -0.3 is 5.73 Å². The van der Waals surface area contributed by atoms with Gasteiger partial charge in [0.05, 0.1) is 12.2 Å². The smallest absolute Gasteiger partial charge is 0.243 e. The fourth-order valence-corrected chi connectivity index (χ4v) is 2.96. The number of rotatable bonds is 4. The standard InChI is InChI=1S/C12H15FN4O2S/c1-8-5-9(14)6-11(12(8)13)20(18,19)16-7-10-3-4-15-17(10)2/h3-6,16H,7,14H2,1-2H3. The average Bonchev–Trinajstić information content (AvgIpc) is 2.77. The summed E-state index contributed by atoms with van der Waals surface area (Å²) in [5, 5.41) is 3.92. The minimum absolute atomic E-state index is 0.0200. The van der Waals surface area contributed by atoms with Crippen molar-refractivity contribution in [3.63, 3.8) is 0 Å². The van der Waals surface area contributed by atoms with Gasteiger partial charge in [0, 0.05) is 18.9 Å². The molecule has 0 aliphatic carbocycles. The number of nitrogens with one attached hydrogen (secondary N) is 1. The Kier molecular flexibility index (Phi) is 3.78. The van der Waals surface area contributed by atoms with Gasteiger partial charge in [-0.05, 0) is 30.7 Å². The normalized spacial score (nSPS) is 11.8. The van der Waals surface area contributed by atoms with Crippen LogP contribution >= 0.6 is 0 Å². The summed E-state index contributed by atoms with van der Waals surface area (Å²) in [5.41, 5.74) is 6.61. The van der Waals surface area contributed by atoms with Crippen LogP contribution in [0, 0.1) is 12.7 Å². The number of aromatic nitrogens is 2. The lowest BCUT2D eigenvalue weighted by molar-refractivity contribution is 0.551. The Morgan fingerprint density at radius 2 is 2.15 bits per heavy atom. The van der Waals surface area contributed by atoms with Gasteiger partial charge in [-0.2, -0.15) is 5.10 Å². The average molecular weight is 298 g/mol. The van der Waals surface area contributed by atoms with Gasteiger partial charge in [0.2, 0.25) is 10.0 Å². The molecule has 0 unspecified atom stereocenters. The maximum atomic E-state index is 13.9. The maximum absolute atomic E-state index is 13.9. The lowest BCUT2D eigenvalue weighted by Crippen LogP contribution is -2.25. The molecule has 6 nitrogen and oxygen atoms in total. The molecular formula is C12H15FN4O2S. The molecule has 0 radical (unpaired) electrons. The van der Waals surface area contributed by atoms with E-state index < -0.39 is 20.7 Å². The van der Waals surface area contributed by atoms with Crippen molar-refractivity contribution in [2.45, 2.75) is 18.4 Å². The lowest BCUT2D eigenvalue weighted by Gasteiger charge is -2.10. The third-order valence-electron chi connectivity index (χ3n) is 2.90. The van der Waals surface area contributed by atoms with E-state index in [2.05, 4.69) is 9.82 Å². The van der Waals surface area contributed by atoms with Gasteiger partial charge in [0.25, 0.3) is 0 Å². The first-order chi connectivity index (χ1) is 9.31. The first kappa shape index (κ1) is 14.5. The van der Waals surface area contributed by atoms with Crippen LogP contribution in [0.25, 0.3) is 0 Å². The van der Waals surface area contributed by atoms with E-state index >= 15 is 0 Å². The Balaban J connectivity index is 2.29. The van der Waals surface area contributed by atoms with Crippen LogP contribution in [0.3, 0.4) is 0 Å².